The second-order valence-corrected chi connectivity index (χ2v) is 14.7. The molecular formula is C43H84N2O9. The molecule has 0 saturated carbocycles. The van der Waals surface area contributed by atoms with Crippen molar-refractivity contribution in [1.82, 2.24) is 10.6 Å². The number of nitrogens with one attached hydrogen (secondary N) is 2. The van der Waals surface area contributed by atoms with Gasteiger partial charge in [0.25, 0.3) is 0 Å². The van der Waals surface area contributed by atoms with E-state index < -0.39 is 18.2 Å². The van der Waals surface area contributed by atoms with Crippen molar-refractivity contribution in [2.24, 2.45) is 0 Å². The van der Waals surface area contributed by atoms with Crippen LogP contribution in [0.15, 0.2) is 0 Å². The molecule has 11 nitrogen and oxygen atoms in total. The number of hydrogen-bond acceptors (Lipinski definition) is 8. The van der Waals surface area contributed by atoms with Crippen LogP contribution in [0.3, 0.4) is 0 Å². The Hall–Kier alpha value is -2.11. The summed E-state index contributed by atoms with van der Waals surface area (Å²) in [5.74, 6) is -0.812. The SMILES string of the molecule is CCCCCCCCCCCCCCOCC(CNC(=O)OCCOCCOC(=O)NCCCCCC(=O)O)OCCCCCCCCCCCCCC. The highest BCUT2D eigenvalue weighted by atomic mass is 16.6. The fraction of sp³-hybridized carbons (Fsp3) is 0.930. The molecule has 0 rings (SSSR count). The maximum Gasteiger partial charge on any atom is 0.407 e. The number of carbonyl (C=O) groups excluding carboxylic acids is 2. The van der Waals surface area contributed by atoms with Crippen LogP contribution in [0.25, 0.3) is 0 Å². The quantitative estimate of drug-likeness (QED) is 0.0516. The fourth-order valence-corrected chi connectivity index (χ4v) is 6.18. The molecule has 1 unspecified atom stereocenters. The molecular weight excluding hydrogens is 688 g/mol. The predicted octanol–water partition coefficient (Wildman–Crippen LogP) is 10.9. The second-order valence-electron chi connectivity index (χ2n) is 14.7. The molecule has 0 spiro atoms. The molecule has 0 bridgehead atoms. The zero-order valence-corrected chi connectivity index (χ0v) is 35.0. The van der Waals surface area contributed by atoms with Gasteiger partial charge in [-0.2, -0.15) is 0 Å². The molecule has 0 saturated heterocycles. The molecule has 0 aromatic rings. The van der Waals surface area contributed by atoms with Crippen LogP contribution in [0.1, 0.15) is 194 Å². The molecule has 2 amide bonds. The Labute approximate surface area is 330 Å². The van der Waals surface area contributed by atoms with Crippen LogP contribution in [0.5, 0.6) is 0 Å². The summed E-state index contributed by atoms with van der Waals surface area (Å²) in [6.07, 6.45) is 32.1. The third kappa shape index (κ3) is 42.6. The van der Waals surface area contributed by atoms with Crippen LogP contribution < -0.4 is 10.6 Å². The number of rotatable bonds is 43. The molecule has 0 aliphatic rings. The highest BCUT2D eigenvalue weighted by Gasteiger charge is 2.13. The number of ether oxygens (including phenoxy) is 5. The van der Waals surface area contributed by atoms with E-state index in [1.54, 1.807) is 0 Å². The number of carboxylic acid groups (broad SMARTS) is 1. The summed E-state index contributed by atoms with van der Waals surface area (Å²) in [5, 5.41) is 14.1. The zero-order chi connectivity index (χ0) is 39.4. The van der Waals surface area contributed by atoms with Gasteiger partial charge in [0.05, 0.1) is 25.9 Å². The third-order valence-electron chi connectivity index (χ3n) is 9.53. The Morgan fingerprint density at radius 2 is 0.889 bits per heavy atom. The van der Waals surface area contributed by atoms with E-state index in [-0.39, 0.29) is 39.0 Å². The van der Waals surface area contributed by atoms with Gasteiger partial charge in [-0.25, -0.2) is 9.59 Å². The van der Waals surface area contributed by atoms with E-state index in [9.17, 15) is 14.4 Å². The minimum Gasteiger partial charge on any atom is -0.481 e. The van der Waals surface area contributed by atoms with E-state index >= 15 is 0 Å². The van der Waals surface area contributed by atoms with Gasteiger partial charge in [0.2, 0.25) is 0 Å². The summed E-state index contributed by atoms with van der Waals surface area (Å²) in [4.78, 5) is 34.5. The highest BCUT2D eigenvalue weighted by molar-refractivity contribution is 5.67. The summed E-state index contributed by atoms with van der Waals surface area (Å²) in [5.41, 5.74) is 0. The van der Waals surface area contributed by atoms with Crippen molar-refractivity contribution in [3.8, 4) is 0 Å². The molecule has 0 heterocycles. The molecule has 0 fully saturated rings. The molecule has 11 heteroatoms. The maximum atomic E-state index is 12.3. The van der Waals surface area contributed by atoms with E-state index in [1.807, 2.05) is 0 Å². The van der Waals surface area contributed by atoms with E-state index in [0.29, 0.717) is 45.8 Å². The van der Waals surface area contributed by atoms with Crippen LogP contribution in [0, 0.1) is 0 Å². The first-order valence-corrected chi connectivity index (χ1v) is 22.3. The van der Waals surface area contributed by atoms with Gasteiger partial charge >= 0.3 is 18.2 Å². The minimum atomic E-state index is -0.812. The van der Waals surface area contributed by atoms with Crippen LogP contribution in [-0.4, -0.2) is 88.7 Å². The number of alkyl carbamates (subject to hydrolysis) is 2. The first-order valence-electron chi connectivity index (χ1n) is 22.3. The van der Waals surface area contributed by atoms with Gasteiger partial charge in [-0.1, -0.05) is 162 Å². The number of unbranched alkanes of at least 4 members (excludes halogenated alkanes) is 24. The lowest BCUT2D eigenvalue weighted by atomic mass is 10.1. The van der Waals surface area contributed by atoms with Gasteiger partial charge in [-0.15, -0.1) is 0 Å². The third-order valence-corrected chi connectivity index (χ3v) is 9.53. The molecule has 0 aromatic carbocycles. The first-order chi connectivity index (χ1) is 26.5. The van der Waals surface area contributed by atoms with Crippen molar-refractivity contribution in [2.45, 2.75) is 200 Å². The monoisotopic (exact) mass is 773 g/mol. The van der Waals surface area contributed by atoms with Crippen LogP contribution in [0.2, 0.25) is 0 Å². The van der Waals surface area contributed by atoms with Gasteiger partial charge in [0.15, 0.2) is 0 Å². The molecule has 0 aliphatic heterocycles. The van der Waals surface area contributed by atoms with Crippen molar-refractivity contribution < 1.29 is 43.2 Å². The van der Waals surface area contributed by atoms with Crippen molar-refractivity contribution in [3.63, 3.8) is 0 Å². The molecule has 320 valence electrons. The Morgan fingerprint density at radius 3 is 1.37 bits per heavy atom. The van der Waals surface area contributed by atoms with E-state index in [1.165, 1.54) is 135 Å². The van der Waals surface area contributed by atoms with E-state index in [0.717, 1.165) is 25.7 Å². The van der Waals surface area contributed by atoms with Crippen molar-refractivity contribution in [1.29, 1.82) is 0 Å². The average Bonchev–Trinajstić information content (AvgIpc) is 3.16. The summed E-state index contributed by atoms with van der Waals surface area (Å²) < 4.78 is 27.8. The summed E-state index contributed by atoms with van der Waals surface area (Å²) >= 11 is 0. The lowest BCUT2D eigenvalue weighted by molar-refractivity contribution is -0.137. The summed E-state index contributed by atoms with van der Waals surface area (Å²) in [6, 6.07) is 0. The number of aliphatic carboxylic acids is 1. The number of carboxylic acids is 1. The minimum absolute atomic E-state index is 0.0776. The second kappa shape index (κ2) is 43.6. The molecule has 0 aliphatic carbocycles. The zero-order valence-electron chi connectivity index (χ0n) is 35.0. The first kappa shape index (κ1) is 51.9. The fourth-order valence-electron chi connectivity index (χ4n) is 6.18. The highest BCUT2D eigenvalue weighted by Crippen LogP contribution is 2.13. The number of carbonyl (C=O) groups is 3. The molecule has 1 atom stereocenters. The van der Waals surface area contributed by atoms with Gasteiger partial charge < -0.3 is 39.4 Å². The van der Waals surface area contributed by atoms with Crippen molar-refractivity contribution in [3.05, 3.63) is 0 Å². The smallest absolute Gasteiger partial charge is 0.407 e. The Kier molecular flexibility index (Phi) is 41.9. The van der Waals surface area contributed by atoms with Crippen molar-refractivity contribution in [2.75, 3.05) is 59.3 Å². The van der Waals surface area contributed by atoms with Gasteiger partial charge in [0.1, 0.15) is 13.2 Å². The summed E-state index contributed by atoms with van der Waals surface area (Å²) in [7, 11) is 0. The maximum absolute atomic E-state index is 12.3. The largest absolute Gasteiger partial charge is 0.481 e. The Balaban J connectivity index is 4.12. The number of hydrogen-bond donors (Lipinski definition) is 3. The number of amides is 2. The molecule has 0 radical (unpaired) electrons. The van der Waals surface area contributed by atoms with E-state index in [2.05, 4.69) is 24.5 Å². The topological polar surface area (TPSA) is 142 Å². The summed E-state index contributed by atoms with van der Waals surface area (Å²) in [6.45, 7) is 7.60. The predicted molar refractivity (Wildman–Crippen MR) is 218 cm³/mol. The Morgan fingerprint density at radius 1 is 0.463 bits per heavy atom. The van der Waals surface area contributed by atoms with Crippen LogP contribution in [0.4, 0.5) is 9.59 Å². The van der Waals surface area contributed by atoms with Crippen LogP contribution in [-0.2, 0) is 28.5 Å². The lowest BCUT2D eigenvalue weighted by Gasteiger charge is -2.19. The average molecular weight is 773 g/mol. The van der Waals surface area contributed by atoms with Crippen molar-refractivity contribution >= 4 is 18.2 Å². The molecule has 54 heavy (non-hydrogen) atoms. The van der Waals surface area contributed by atoms with E-state index in [4.69, 9.17) is 28.8 Å². The lowest BCUT2D eigenvalue weighted by Crippen LogP contribution is -2.37. The van der Waals surface area contributed by atoms with Gasteiger partial charge in [-0.3, -0.25) is 4.79 Å². The normalized spacial score (nSPS) is 11.7. The van der Waals surface area contributed by atoms with Gasteiger partial charge in [-0.05, 0) is 25.7 Å². The molecule has 3 N–H and O–H groups in total. The van der Waals surface area contributed by atoms with Crippen LogP contribution >= 0.6 is 0 Å². The standard InChI is InChI=1S/C43H84N2O9/c1-3-5-7-9-11-13-15-17-19-21-23-28-32-51-39-40(52-33-29-24-22-20-18-16-14-12-10-8-6-4-2)38-45-43(49)54-37-35-50-34-36-53-42(48)44-31-27-25-26-30-41(46)47/h40H,3-39H2,1-2H3,(H,44,48)(H,45,49)(H,46,47). The Bertz CT molecular complexity index is 818. The van der Waals surface area contributed by atoms with Gasteiger partial charge in [0, 0.05) is 32.7 Å². The molecule has 0 aromatic heterocycles.